The first kappa shape index (κ1) is 12.1. The summed E-state index contributed by atoms with van der Waals surface area (Å²) in [5.41, 5.74) is 0. The van der Waals surface area contributed by atoms with Crippen LogP contribution in [0.2, 0.25) is 0 Å². The van der Waals surface area contributed by atoms with E-state index in [9.17, 15) is 8.42 Å². The fraction of sp³-hybridized carbons (Fsp3) is 0.818. The predicted molar refractivity (Wildman–Crippen MR) is 64.9 cm³/mol. The van der Waals surface area contributed by atoms with Crippen LogP contribution in [0.3, 0.4) is 0 Å². The Hall–Kier alpha value is -0.950. The molecule has 1 saturated heterocycles. The van der Waals surface area contributed by atoms with Gasteiger partial charge < -0.3 is 5.11 Å². The number of fused-ring (bicyclic) bond motifs is 1. The van der Waals surface area contributed by atoms with Crippen molar-refractivity contribution in [3.8, 4) is 0 Å². The van der Waals surface area contributed by atoms with Crippen LogP contribution < -0.4 is 0 Å². The summed E-state index contributed by atoms with van der Waals surface area (Å²) >= 11 is 0. The molecule has 18 heavy (non-hydrogen) atoms. The molecule has 2 atom stereocenters. The Bertz CT molecular complexity index is 552. The topological polar surface area (TPSA) is 85.1 Å². The van der Waals surface area contributed by atoms with E-state index in [-0.39, 0.29) is 29.9 Å². The Morgan fingerprint density at radius 1 is 1.39 bits per heavy atom. The van der Waals surface area contributed by atoms with Crippen molar-refractivity contribution in [2.75, 3.05) is 18.1 Å². The van der Waals surface area contributed by atoms with E-state index in [4.69, 9.17) is 5.11 Å². The van der Waals surface area contributed by atoms with Crippen molar-refractivity contribution in [1.29, 1.82) is 0 Å². The largest absolute Gasteiger partial charge is 0.396 e. The molecule has 2 aliphatic heterocycles. The van der Waals surface area contributed by atoms with E-state index in [1.54, 1.807) is 0 Å². The smallest absolute Gasteiger partial charge is 0.155 e. The Morgan fingerprint density at radius 3 is 2.89 bits per heavy atom. The minimum atomic E-state index is -2.89. The van der Waals surface area contributed by atoms with Gasteiger partial charge in [-0.2, -0.15) is 5.10 Å². The highest BCUT2D eigenvalue weighted by Gasteiger charge is 2.33. The number of hydrogen-bond donors (Lipinski definition) is 1. The Kier molecular flexibility index (Phi) is 2.90. The standard InChI is InChI=1S/C11H17N3O3S/c15-6-8-1-2-10-12-11(13-14(10)5-8)9-3-4-18(16,17)7-9/h8-9,15H,1-7H2. The van der Waals surface area contributed by atoms with Gasteiger partial charge in [0.25, 0.3) is 0 Å². The number of rotatable bonds is 2. The van der Waals surface area contributed by atoms with Gasteiger partial charge >= 0.3 is 0 Å². The average molecular weight is 271 g/mol. The Morgan fingerprint density at radius 2 is 2.22 bits per heavy atom. The second kappa shape index (κ2) is 4.31. The SMILES string of the molecule is O=S1(=O)CCC(c2nc3n(n2)CC(CO)CC3)C1. The molecule has 0 aliphatic carbocycles. The zero-order valence-electron chi connectivity index (χ0n) is 10.1. The molecule has 1 fully saturated rings. The van der Waals surface area contributed by atoms with Crippen LogP contribution in [0, 0.1) is 5.92 Å². The Balaban J connectivity index is 1.82. The molecule has 2 unspecified atom stereocenters. The van der Waals surface area contributed by atoms with Crippen molar-refractivity contribution in [2.24, 2.45) is 5.92 Å². The van der Waals surface area contributed by atoms with Crippen LogP contribution >= 0.6 is 0 Å². The molecule has 0 spiro atoms. The summed E-state index contributed by atoms with van der Waals surface area (Å²) in [6.07, 6.45) is 2.38. The van der Waals surface area contributed by atoms with Crippen LogP contribution in [0.5, 0.6) is 0 Å². The maximum atomic E-state index is 11.5. The van der Waals surface area contributed by atoms with Crippen molar-refractivity contribution in [2.45, 2.75) is 31.7 Å². The molecule has 3 rings (SSSR count). The number of nitrogens with zero attached hydrogens (tertiary/aromatic N) is 3. The first-order valence-corrected chi connectivity index (χ1v) is 8.14. The van der Waals surface area contributed by atoms with E-state index < -0.39 is 9.84 Å². The van der Waals surface area contributed by atoms with Crippen LogP contribution in [0.1, 0.15) is 30.4 Å². The van der Waals surface area contributed by atoms with Crippen molar-refractivity contribution >= 4 is 9.84 Å². The second-order valence-corrected chi connectivity index (χ2v) is 7.48. The molecule has 1 aromatic heterocycles. The number of aromatic nitrogens is 3. The number of aliphatic hydroxyl groups is 1. The highest BCUT2D eigenvalue weighted by molar-refractivity contribution is 7.91. The van der Waals surface area contributed by atoms with Crippen LogP contribution in [-0.4, -0.2) is 46.4 Å². The van der Waals surface area contributed by atoms with E-state index in [1.807, 2.05) is 4.68 Å². The molecule has 6 nitrogen and oxygen atoms in total. The van der Waals surface area contributed by atoms with Gasteiger partial charge in [-0.1, -0.05) is 0 Å². The highest BCUT2D eigenvalue weighted by Crippen LogP contribution is 2.28. The number of aliphatic hydroxyl groups excluding tert-OH is 1. The third kappa shape index (κ3) is 2.16. The monoisotopic (exact) mass is 271 g/mol. The van der Waals surface area contributed by atoms with Gasteiger partial charge in [-0.3, -0.25) is 0 Å². The third-order valence-corrected chi connectivity index (χ3v) is 5.60. The summed E-state index contributed by atoms with van der Waals surface area (Å²) in [5.74, 6) is 2.24. The number of hydrogen-bond acceptors (Lipinski definition) is 5. The van der Waals surface area contributed by atoms with E-state index >= 15 is 0 Å². The fourth-order valence-corrected chi connectivity index (χ4v) is 4.45. The molecule has 0 aromatic carbocycles. The lowest BCUT2D eigenvalue weighted by Gasteiger charge is -2.19. The molecule has 2 aliphatic rings. The van der Waals surface area contributed by atoms with Crippen molar-refractivity contribution in [3.63, 3.8) is 0 Å². The zero-order valence-corrected chi connectivity index (χ0v) is 10.9. The lowest BCUT2D eigenvalue weighted by Crippen LogP contribution is -2.23. The van der Waals surface area contributed by atoms with Gasteiger partial charge in [-0.25, -0.2) is 18.1 Å². The first-order chi connectivity index (χ1) is 8.57. The normalized spacial score (nSPS) is 30.3. The number of aryl methyl sites for hydroxylation is 1. The van der Waals surface area contributed by atoms with Crippen LogP contribution in [0.25, 0.3) is 0 Å². The van der Waals surface area contributed by atoms with E-state index in [1.165, 1.54) is 0 Å². The van der Waals surface area contributed by atoms with Crippen LogP contribution in [0.15, 0.2) is 0 Å². The molecule has 0 amide bonds. The lowest BCUT2D eigenvalue weighted by molar-refractivity contribution is 0.185. The summed E-state index contributed by atoms with van der Waals surface area (Å²) in [6.45, 7) is 0.866. The second-order valence-electron chi connectivity index (χ2n) is 5.26. The van der Waals surface area contributed by atoms with Gasteiger partial charge in [0.1, 0.15) is 5.82 Å². The molecule has 0 bridgehead atoms. The molecule has 100 valence electrons. The summed E-state index contributed by atoms with van der Waals surface area (Å²) in [5, 5.41) is 13.6. The molecule has 3 heterocycles. The minimum absolute atomic E-state index is 0.0410. The molecule has 7 heteroatoms. The summed E-state index contributed by atoms with van der Waals surface area (Å²) < 4.78 is 24.8. The molecular weight excluding hydrogens is 254 g/mol. The lowest BCUT2D eigenvalue weighted by atomic mass is 10.0. The fourth-order valence-electron chi connectivity index (χ4n) is 2.71. The van der Waals surface area contributed by atoms with E-state index in [2.05, 4.69) is 10.1 Å². The quantitative estimate of drug-likeness (QED) is 0.800. The average Bonchev–Trinajstić information content (AvgIpc) is 2.90. The minimum Gasteiger partial charge on any atom is -0.396 e. The molecular formula is C11H17N3O3S. The van der Waals surface area contributed by atoms with Crippen molar-refractivity contribution < 1.29 is 13.5 Å². The maximum Gasteiger partial charge on any atom is 0.155 e. The van der Waals surface area contributed by atoms with Gasteiger partial charge in [-0.15, -0.1) is 0 Å². The molecule has 1 aromatic rings. The van der Waals surface area contributed by atoms with Gasteiger partial charge in [0.2, 0.25) is 0 Å². The molecule has 0 radical (unpaired) electrons. The van der Waals surface area contributed by atoms with Gasteiger partial charge in [0.15, 0.2) is 15.7 Å². The summed E-state index contributed by atoms with van der Waals surface area (Å²) in [4.78, 5) is 4.47. The van der Waals surface area contributed by atoms with Crippen LogP contribution in [0.4, 0.5) is 0 Å². The van der Waals surface area contributed by atoms with Gasteiger partial charge in [-0.05, 0) is 12.8 Å². The Labute approximate surface area is 106 Å². The van der Waals surface area contributed by atoms with E-state index in [0.29, 0.717) is 18.8 Å². The molecule has 0 saturated carbocycles. The maximum absolute atomic E-state index is 11.5. The van der Waals surface area contributed by atoms with E-state index in [0.717, 1.165) is 18.7 Å². The number of sulfone groups is 1. The van der Waals surface area contributed by atoms with Crippen molar-refractivity contribution in [3.05, 3.63) is 11.6 Å². The third-order valence-electron chi connectivity index (χ3n) is 3.83. The van der Waals surface area contributed by atoms with Gasteiger partial charge in [0.05, 0.1) is 11.5 Å². The highest BCUT2D eigenvalue weighted by atomic mass is 32.2. The summed E-state index contributed by atoms with van der Waals surface area (Å²) in [6, 6.07) is 0. The van der Waals surface area contributed by atoms with Gasteiger partial charge in [0, 0.05) is 31.4 Å². The van der Waals surface area contributed by atoms with Crippen molar-refractivity contribution in [1.82, 2.24) is 14.8 Å². The zero-order chi connectivity index (χ0) is 12.8. The molecule has 1 N–H and O–H groups in total. The first-order valence-electron chi connectivity index (χ1n) is 6.32. The predicted octanol–water partition coefficient (Wildman–Crippen LogP) is -0.265. The van der Waals surface area contributed by atoms with Crippen LogP contribution in [-0.2, 0) is 22.8 Å². The summed E-state index contributed by atoms with van der Waals surface area (Å²) in [7, 11) is -2.89.